The molecule has 0 radical (unpaired) electrons. The highest BCUT2D eigenvalue weighted by molar-refractivity contribution is 5.80. The monoisotopic (exact) mass is 196 g/mol. The molecule has 0 spiro atoms. The molecule has 2 rings (SSSR count). The largest absolute Gasteiger partial charge is 0.0906 e. The van der Waals surface area contributed by atoms with E-state index in [1.165, 1.54) is 11.1 Å². The lowest BCUT2D eigenvalue weighted by Crippen LogP contribution is -1.96. The van der Waals surface area contributed by atoms with E-state index in [0.717, 1.165) is 12.0 Å². The molecular formula is C15H16. The summed E-state index contributed by atoms with van der Waals surface area (Å²) < 4.78 is 0. The molecule has 0 saturated heterocycles. The molecule has 0 fully saturated rings. The number of rotatable bonds is 2. The predicted molar refractivity (Wildman–Crippen MR) is 66.5 cm³/mol. The minimum Gasteiger partial charge on any atom is -0.0906 e. The van der Waals surface area contributed by atoms with Gasteiger partial charge in [0.1, 0.15) is 0 Å². The van der Waals surface area contributed by atoms with E-state index in [1.807, 2.05) is 6.07 Å². The van der Waals surface area contributed by atoms with Crippen LogP contribution in [0.4, 0.5) is 0 Å². The second-order valence-electron chi connectivity index (χ2n) is 4.08. The number of hydrogen-bond donors (Lipinski definition) is 0. The average Bonchev–Trinajstić information content (AvgIpc) is 2.30. The number of allylic oxidation sites excluding steroid dienone is 5. The lowest BCUT2D eigenvalue weighted by molar-refractivity contribution is 0.734. The van der Waals surface area contributed by atoms with Crippen molar-refractivity contribution in [2.24, 2.45) is 5.92 Å². The quantitative estimate of drug-likeness (QED) is 0.664. The molecule has 0 heterocycles. The SMILES string of the molecule is C=C(C1=CCC(C)C=C1)c1ccccc1. The van der Waals surface area contributed by atoms with Gasteiger partial charge >= 0.3 is 0 Å². The first-order chi connectivity index (χ1) is 7.27. The van der Waals surface area contributed by atoms with Crippen molar-refractivity contribution in [2.75, 3.05) is 0 Å². The van der Waals surface area contributed by atoms with E-state index in [9.17, 15) is 0 Å². The maximum Gasteiger partial charge on any atom is -0.0184 e. The van der Waals surface area contributed by atoms with Crippen LogP contribution in [-0.4, -0.2) is 0 Å². The van der Waals surface area contributed by atoms with E-state index in [4.69, 9.17) is 0 Å². The van der Waals surface area contributed by atoms with Crippen LogP contribution in [0.3, 0.4) is 0 Å². The van der Waals surface area contributed by atoms with Gasteiger partial charge in [0.2, 0.25) is 0 Å². The molecule has 1 atom stereocenters. The maximum atomic E-state index is 4.15. The smallest absolute Gasteiger partial charge is 0.0184 e. The van der Waals surface area contributed by atoms with Crippen LogP contribution in [0.5, 0.6) is 0 Å². The molecule has 0 bridgehead atoms. The van der Waals surface area contributed by atoms with Gasteiger partial charge in [0, 0.05) is 0 Å². The van der Waals surface area contributed by atoms with Gasteiger partial charge in [-0.1, -0.05) is 62.1 Å². The zero-order valence-corrected chi connectivity index (χ0v) is 9.11. The Hall–Kier alpha value is -1.56. The van der Waals surface area contributed by atoms with Crippen LogP contribution in [-0.2, 0) is 0 Å². The molecule has 0 aromatic heterocycles. The van der Waals surface area contributed by atoms with Crippen molar-refractivity contribution < 1.29 is 0 Å². The first-order valence-corrected chi connectivity index (χ1v) is 5.40. The zero-order chi connectivity index (χ0) is 10.7. The highest BCUT2D eigenvalue weighted by atomic mass is 14.1. The van der Waals surface area contributed by atoms with Crippen LogP contribution in [0.15, 0.2) is 60.7 Å². The average molecular weight is 196 g/mol. The topological polar surface area (TPSA) is 0 Å². The molecule has 76 valence electrons. The Bertz CT molecular complexity index is 407. The first-order valence-electron chi connectivity index (χ1n) is 5.40. The summed E-state index contributed by atoms with van der Waals surface area (Å²) in [4.78, 5) is 0. The second kappa shape index (κ2) is 4.31. The molecule has 0 nitrogen and oxygen atoms in total. The molecule has 0 aliphatic heterocycles. The van der Waals surface area contributed by atoms with Crippen molar-refractivity contribution in [3.63, 3.8) is 0 Å². The maximum absolute atomic E-state index is 4.15. The fraction of sp³-hybridized carbons (Fsp3) is 0.200. The molecule has 0 N–H and O–H groups in total. The van der Waals surface area contributed by atoms with Gasteiger partial charge in [0.05, 0.1) is 0 Å². The molecule has 0 saturated carbocycles. The van der Waals surface area contributed by atoms with Crippen molar-refractivity contribution in [3.8, 4) is 0 Å². The van der Waals surface area contributed by atoms with Gasteiger partial charge in [-0.05, 0) is 29.0 Å². The van der Waals surface area contributed by atoms with Gasteiger partial charge in [-0.15, -0.1) is 0 Å². The van der Waals surface area contributed by atoms with Gasteiger partial charge in [-0.25, -0.2) is 0 Å². The summed E-state index contributed by atoms with van der Waals surface area (Å²) in [6.07, 6.45) is 7.84. The molecule has 1 unspecified atom stereocenters. The van der Waals surface area contributed by atoms with Crippen molar-refractivity contribution in [1.82, 2.24) is 0 Å². The third-order valence-corrected chi connectivity index (χ3v) is 2.78. The fourth-order valence-corrected chi connectivity index (χ4v) is 1.76. The van der Waals surface area contributed by atoms with Gasteiger partial charge < -0.3 is 0 Å². The lowest BCUT2D eigenvalue weighted by atomic mass is 9.91. The summed E-state index contributed by atoms with van der Waals surface area (Å²) in [5.74, 6) is 0.664. The van der Waals surface area contributed by atoms with E-state index in [-0.39, 0.29) is 0 Å². The number of benzene rings is 1. The Labute approximate surface area is 91.6 Å². The van der Waals surface area contributed by atoms with Crippen LogP contribution in [0, 0.1) is 5.92 Å². The molecule has 0 amide bonds. The van der Waals surface area contributed by atoms with Gasteiger partial charge in [-0.3, -0.25) is 0 Å². The summed E-state index contributed by atoms with van der Waals surface area (Å²) in [6.45, 7) is 6.39. The molecule has 15 heavy (non-hydrogen) atoms. The molecule has 0 heteroatoms. The van der Waals surface area contributed by atoms with Crippen LogP contribution >= 0.6 is 0 Å². The highest BCUT2D eigenvalue weighted by Gasteiger charge is 2.07. The van der Waals surface area contributed by atoms with Crippen LogP contribution in [0.2, 0.25) is 0 Å². The third-order valence-electron chi connectivity index (χ3n) is 2.78. The van der Waals surface area contributed by atoms with E-state index in [1.54, 1.807) is 0 Å². The normalized spacial score (nSPS) is 19.8. The Balaban J connectivity index is 2.20. The Morgan fingerprint density at radius 2 is 2.00 bits per heavy atom. The van der Waals surface area contributed by atoms with Gasteiger partial charge in [0.15, 0.2) is 0 Å². The Morgan fingerprint density at radius 3 is 2.60 bits per heavy atom. The Morgan fingerprint density at radius 1 is 1.27 bits per heavy atom. The predicted octanol–water partition coefficient (Wildman–Crippen LogP) is 4.22. The first kappa shape index (κ1) is 9.97. The molecular weight excluding hydrogens is 180 g/mol. The lowest BCUT2D eigenvalue weighted by Gasteiger charge is -2.13. The standard InChI is InChI=1S/C15H16/c1-12-8-10-15(11-9-12)13(2)14-6-4-3-5-7-14/h3-8,10-12H,2,9H2,1H3. The van der Waals surface area contributed by atoms with E-state index < -0.39 is 0 Å². The molecule has 1 aromatic carbocycles. The zero-order valence-electron chi connectivity index (χ0n) is 9.11. The van der Waals surface area contributed by atoms with Crippen LogP contribution in [0.1, 0.15) is 18.9 Å². The summed E-state index contributed by atoms with van der Waals surface area (Å²) in [5.41, 5.74) is 3.60. The van der Waals surface area contributed by atoms with E-state index >= 15 is 0 Å². The molecule has 1 aromatic rings. The van der Waals surface area contributed by atoms with Gasteiger partial charge in [-0.2, -0.15) is 0 Å². The van der Waals surface area contributed by atoms with Crippen LogP contribution < -0.4 is 0 Å². The summed E-state index contributed by atoms with van der Waals surface area (Å²) in [7, 11) is 0. The fourth-order valence-electron chi connectivity index (χ4n) is 1.76. The van der Waals surface area contributed by atoms with Crippen LogP contribution in [0.25, 0.3) is 5.57 Å². The Kier molecular flexibility index (Phi) is 2.86. The van der Waals surface area contributed by atoms with Crippen molar-refractivity contribution in [2.45, 2.75) is 13.3 Å². The van der Waals surface area contributed by atoms with E-state index in [0.29, 0.717) is 5.92 Å². The van der Waals surface area contributed by atoms with Gasteiger partial charge in [0.25, 0.3) is 0 Å². The highest BCUT2D eigenvalue weighted by Crippen LogP contribution is 2.26. The summed E-state index contributed by atoms with van der Waals surface area (Å²) in [6, 6.07) is 10.3. The van der Waals surface area contributed by atoms with Crippen molar-refractivity contribution in [1.29, 1.82) is 0 Å². The third kappa shape index (κ3) is 2.27. The number of hydrogen-bond acceptors (Lipinski definition) is 0. The van der Waals surface area contributed by atoms with E-state index in [2.05, 4.69) is 56.0 Å². The van der Waals surface area contributed by atoms with Crippen molar-refractivity contribution in [3.05, 3.63) is 66.3 Å². The summed E-state index contributed by atoms with van der Waals surface area (Å²) >= 11 is 0. The van der Waals surface area contributed by atoms with Crippen molar-refractivity contribution >= 4 is 5.57 Å². The minimum atomic E-state index is 0.664. The minimum absolute atomic E-state index is 0.664. The second-order valence-corrected chi connectivity index (χ2v) is 4.08. The molecule has 1 aliphatic carbocycles. The summed E-state index contributed by atoms with van der Waals surface area (Å²) in [5, 5.41) is 0. The molecule has 1 aliphatic rings.